The van der Waals surface area contributed by atoms with Crippen LogP contribution >= 0.6 is 0 Å². The summed E-state index contributed by atoms with van der Waals surface area (Å²) >= 11 is 0. The van der Waals surface area contributed by atoms with Crippen LogP contribution in [0.2, 0.25) is 0 Å². The zero-order valence-electron chi connectivity index (χ0n) is 12.2. The molecule has 0 saturated carbocycles. The molecule has 0 bridgehead atoms. The third-order valence-corrected chi connectivity index (χ3v) is 4.49. The fourth-order valence-corrected chi connectivity index (χ4v) is 3.35. The zero-order chi connectivity index (χ0) is 14.1. The van der Waals surface area contributed by atoms with Crippen LogP contribution in [0.1, 0.15) is 25.1 Å². The largest absolute Gasteiger partial charge is 0.381 e. The van der Waals surface area contributed by atoms with Crippen LogP contribution in [0.15, 0.2) is 18.3 Å². The average Bonchev–Trinajstić information content (AvgIpc) is 3.23. The summed E-state index contributed by atoms with van der Waals surface area (Å²) in [6.45, 7) is 3.50. The lowest BCUT2D eigenvalue weighted by molar-refractivity contribution is 0.0968. The van der Waals surface area contributed by atoms with Crippen LogP contribution in [0.25, 0.3) is 11.2 Å². The zero-order valence-corrected chi connectivity index (χ0v) is 12.2. The van der Waals surface area contributed by atoms with Crippen LogP contribution in [0.3, 0.4) is 0 Å². The molecule has 2 aromatic heterocycles. The van der Waals surface area contributed by atoms with E-state index in [-0.39, 0.29) is 0 Å². The maximum Gasteiger partial charge on any atom is 0.160 e. The third kappa shape index (κ3) is 2.68. The summed E-state index contributed by atoms with van der Waals surface area (Å²) in [4.78, 5) is 9.34. The molecule has 21 heavy (non-hydrogen) atoms. The molecule has 2 unspecified atom stereocenters. The van der Waals surface area contributed by atoms with Gasteiger partial charge in [-0.2, -0.15) is 0 Å². The van der Waals surface area contributed by atoms with Gasteiger partial charge in [0.1, 0.15) is 11.3 Å². The second kappa shape index (κ2) is 5.73. The van der Waals surface area contributed by atoms with Crippen LogP contribution in [0, 0.1) is 5.92 Å². The van der Waals surface area contributed by atoms with Gasteiger partial charge in [-0.1, -0.05) is 0 Å². The van der Waals surface area contributed by atoms with Gasteiger partial charge in [0, 0.05) is 32.4 Å². The van der Waals surface area contributed by atoms with E-state index in [0.717, 1.165) is 69.0 Å². The quantitative estimate of drug-likeness (QED) is 0.865. The number of hydrogen-bond donors (Lipinski definition) is 0. The van der Waals surface area contributed by atoms with E-state index in [9.17, 15) is 0 Å². The molecular formula is C16H21N3O2. The lowest BCUT2D eigenvalue weighted by Gasteiger charge is -2.15. The number of pyridine rings is 1. The van der Waals surface area contributed by atoms with E-state index in [4.69, 9.17) is 14.5 Å². The van der Waals surface area contributed by atoms with E-state index in [2.05, 4.69) is 9.55 Å². The van der Waals surface area contributed by atoms with Crippen LogP contribution in [0.4, 0.5) is 0 Å². The Bertz CT molecular complexity index is 613. The van der Waals surface area contributed by atoms with E-state index >= 15 is 0 Å². The van der Waals surface area contributed by atoms with Crippen LogP contribution in [-0.4, -0.2) is 40.5 Å². The number of rotatable bonds is 4. The van der Waals surface area contributed by atoms with Crippen LogP contribution < -0.4 is 0 Å². The number of imidazole rings is 1. The lowest BCUT2D eigenvalue weighted by atomic mass is 10.0. The number of aromatic nitrogens is 3. The fraction of sp³-hybridized carbons (Fsp3) is 0.625. The van der Waals surface area contributed by atoms with Gasteiger partial charge in [-0.15, -0.1) is 0 Å². The van der Waals surface area contributed by atoms with Crippen molar-refractivity contribution in [2.45, 2.75) is 38.3 Å². The van der Waals surface area contributed by atoms with Crippen molar-refractivity contribution in [1.82, 2.24) is 14.5 Å². The van der Waals surface area contributed by atoms with Crippen molar-refractivity contribution in [2.24, 2.45) is 5.92 Å². The molecule has 0 aromatic carbocycles. The summed E-state index contributed by atoms with van der Waals surface area (Å²) in [5.41, 5.74) is 1.98. The maximum absolute atomic E-state index is 5.80. The summed E-state index contributed by atoms with van der Waals surface area (Å²) in [5.74, 6) is 1.72. The van der Waals surface area contributed by atoms with Gasteiger partial charge in [-0.05, 0) is 37.3 Å². The first kappa shape index (κ1) is 13.2. The van der Waals surface area contributed by atoms with E-state index < -0.39 is 0 Å². The first-order valence-electron chi connectivity index (χ1n) is 7.89. The fourth-order valence-electron chi connectivity index (χ4n) is 3.35. The molecule has 0 amide bonds. The molecule has 0 N–H and O–H groups in total. The molecule has 2 aliphatic rings. The van der Waals surface area contributed by atoms with Gasteiger partial charge in [0.2, 0.25) is 0 Å². The van der Waals surface area contributed by atoms with Gasteiger partial charge in [-0.3, -0.25) is 0 Å². The second-order valence-corrected chi connectivity index (χ2v) is 6.05. The molecular weight excluding hydrogens is 266 g/mol. The smallest absolute Gasteiger partial charge is 0.160 e. The highest BCUT2D eigenvalue weighted by atomic mass is 16.5. The van der Waals surface area contributed by atoms with E-state index in [1.165, 1.54) is 0 Å². The molecule has 2 aliphatic heterocycles. The van der Waals surface area contributed by atoms with Gasteiger partial charge in [0.25, 0.3) is 0 Å². The highest BCUT2D eigenvalue weighted by Crippen LogP contribution is 2.23. The maximum atomic E-state index is 5.80. The molecule has 4 rings (SSSR count). The van der Waals surface area contributed by atoms with Crippen molar-refractivity contribution in [3.63, 3.8) is 0 Å². The predicted octanol–water partition coefficient (Wildman–Crippen LogP) is 2.19. The SMILES string of the molecule is c1cnc2c(c1)nc(CC1CCOC1)n2CC1CCCO1. The number of fused-ring (bicyclic) bond motifs is 1. The number of hydrogen-bond acceptors (Lipinski definition) is 4. The Morgan fingerprint density at radius 1 is 1.29 bits per heavy atom. The lowest BCUT2D eigenvalue weighted by Crippen LogP contribution is -2.19. The van der Waals surface area contributed by atoms with Crippen LogP contribution in [0.5, 0.6) is 0 Å². The summed E-state index contributed by atoms with van der Waals surface area (Å²) < 4.78 is 13.6. The van der Waals surface area contributed by atoms with Crippen molar-refractivity contribution in [3.8, 4) is 0 Å². The van der Waals surface area contributed by atoms with Crippen molar-refractivity contribution in [2.75, 3.05) is 19.8 Å². The van der Waals surface area contributed by atoms with E-state index in [1.54, 1.807) is 0 Å². The van der Waals surface area contributed by atoms with E-state index in [0.29, 0.717) is 12.0 Å². The average molecular weight is 287 g/mol. The third-order valence-electron chi connectivity index (χ3n) is 4.49. The normalized spacial score (nSPS) is 25.9. The molecule has 5 heteroatoms. The molecule has 2 saturated heterocycles. The topological polar surface area (TPSA) is 49.2 Å². The van der Waals surface area contributed by atoms with Gasteiger partial charge in [0.15, 0.2) is 5.65 Å². The van der Waals surface area contributed by atoms with Gasteiger partial charge in [0.05, 0.1) is 12.6 Å². The Balaban J connectivity index is 1.65. The first-order chi connectivity index (χ1) is 10.4. The minimum absolute atomic E-state index is 0.308. The molecule has 0 aliphatic carbocycles. The van der Waals surface area contributed by atoms with Crippen molar-refractivity contribution < 1.29 is 9.47 Å². The Labute approximate surface area is 124 Å². The van der Waals surface area contributed by atoms with Gasteiger partial charge in [-0.25, -0.2) is 9.97 Å². The summed E-state index contributed by atoms with van der Waals surface area (Å²) in [6, 6.07) is 4.00. The first-order valence-corrected chi connectivity index (χ1v) is 7.89. The minimum atomic E-state index is 0.308. The van der Waals surface area contributed by atoms with Crippen LogP contribution in [-0.2, 0) is 22.4 Å². The Hall–Kier alpha value is -1.46. The van der Waals surface area contributed by atoms with Gasteiger partial charge < -0.3 is 14.0 Å². The Morgan fingerprint density at radius 3 is 3.10 bits per heavy atom. The number of ether oxygens (including phenoxy) is 2. The highest BCUT2D eigenvalue weighted by molar-refractivity contribution is 5.71. The molecule has 2 atom stereocenters. The Kier molecular flexibility index (Phi) is 3.61. The molecule has 112 valence electrons. The van der Waals surface area contributed by atoms with E-state index in [1.807, 2.05) is 18.3 Å². The predicted molar refractivity (Wildman–Crippen MR) is 79.1 cm³/mol. The summed E-state index contributed by atoms with van der Waals surface area (Å²) in [7, 11) is 0. The molecule has 4 heterocycles. The van der Waals surface area contributed by atoms with Crippen molar-refractivity contribution >= 4 is 11.2 Å². The highest BCUT2D eigenvalue weighted by Gasteiger charge is 2.23. The molecule has 2 fully saturated rings. The molecule has 2 aromatic rings. The summed E-state index contributed by atoms with van der Waals surface area (Å²) in [6.07, 6.45) is 6.57. The van der Waals surface area contributed by atoms with Crippen molar-refractivity contribution in [3.05, 3.63) is 24.2 Å². The summed E-state index contributed by atoms with van der Waals surface area (Å²) in [5, 5.41) is 0. The Morgan fingerprint density at radius 2 is 2.29 bits per heavy atom. The molecule has 0 spiro atoms. The van der Waals surface area contributed by atoms with Crippen molar-refractivity contribution in [1.29, 1.82) is 0 Å². The standard InChI is InChI=1S/C16H21N3O2/c1-4-14-16(17-6-1)19(10-13-3-2-7-21-13)15(18-14)9-12-5-8-20-11-12/h1,4,6,12-13H,2-3,5,7-11H2. The number of nitrogens with zero attached hydrogens (tertiary/aromatic N) is 3. The second-order valence-electron chi connectivity index (χ2n) is 6.05. The monoisotopic (exact) mass is 287 g/mol. The molecule has 0 radical (unpaired) electrons. The van der Waals surface area contributed by atoms with Gasteiger partial charge >= 0.3 is 0 Å². The molecule has 5 nitrogen and oxygen atoms in total. The minimum Gasteiger partial charge on any atom is -0.381 e.